The highest BCUT2D eigenvalue weighted by Gasteiger charge is 2.23. The number of Topliss-reactive ketones (excluding diaryl/α,β-unsaturated/α-hetero) is 1. The average molecular weight is 425 g/mol. The Balaban J connectivity index is 1.79. The Morgan fingerprint density at radius 1 is 0.968 bits per heavy atom. The fourth-order valence-electron chi connectivity index (χ4n) is 4.33. The smallest absolute Gasteiger partial charge is 0.338 e. The summed E-state index contributed by atoms with van der Waals surface area (Å²) >= 11 is 0. The van der Waals surface area contributed by atoms with Gasteiger partial charge in [0.25, 0.3) is 0 Å². The van der Waals surface area contributed by atoms with Crippen molar-refractivity contribution in [3.63, 3.8) is 0 Å². The maximum Gasteiger partial charge on any atom is 0.338 e. The van der Waals surface area contributed by atoms with Crippen molar-refractivity contribution in [2.24, 2.45) is 5.92 Å². The van der Waals surface area contributed by atoms with Gasteiger partial charge in [0.2, 0.25) is 5.78 Å². The number of ether oxygens (including phenoxy) is 1. The Morgan fingerprint density at radius 3 is 2.29 bits per heavy atom. The lowest BCUT2D eigenvalue weighted by molar-refractivity contribution is -0.121. The number of unbranched alkanes of at least 4 members (excludes halogenated alkanes) is 5. The molecule has 0 bridgehead atoms. The van der Waals surface area contributed by atoms with Gasteiger partial charge >= 0.3 is 5.97 Å². The van der Waals surface area contributed by atoms with Crippen LogP contribution in [0.5, 0.6) is 0 Å². The van der Waals surface area contributed by atoms with E-state index in [0.29, 0.717) is 17.9 Å². The van der Waals surface area contributed by atoms with E-state index in [2.05, 4.69) is 37.8 Å². The fraction of sp³-hybridized carbons (Fsp3) is 0.643. The largest absolute Gasteiger partial charge is 0.450 e. The van der Waals surface area contributed by atoms with Gasteiger partial charge in [0.15, 0.2) is 6.10 Å². The molecule has 170 valence electrons. The fourth-order valence-corrected chi connectivity index (χ4v) is 4.33. The summed E-state index contributed by atoms with van der Waals surface area (Å²) in [5.74, 6) is 6.12. The van der Waals surface area contributed by atoms with Crippen molar-refractivity contribution in [2.75, 3.05) is 0 Å². The highest BCUT2D eigenvalue weighted by Crippen LogP contribution is 2.37. The van der Waals surface area contributed by atoms with Crippen LogP contribution in [0.25, 0.3) is 0 Å². The molecule has 1 aromatic carbocycles. The molecule has 0 spiro atoms. The van der Waals surface area contributed by atoms with E-state index in [1.54, 1.807) is 6.92 Å². The van der Waals surface area contributed by atoms with Gasteiger partial charge in [-0.05, 0) is 74.5 Å². The zero-order chi connectivity index (χ0) is 22.5. The van der Waals surface area contributed by atoms with Gasteiger partial charge in [0, 0.05) is 6.42 Å². The molecule has 1 aromatic rings. The van der Waals surface area contributed by atoms with Crippen molar-refractivity contribution < 1.29 is 14.3 Å². The summed E-state index contributed by atoms with van der Waals surface area (Å²) in [6, 6.07) is 7.77. The highest BCUT2D eigenvalue weighted by atomic mass is 16.5. The molecule has 1 aliphatic carbocycles. The molecule has 0 N–H and O–H groups in total. The minimum atomic E-state index is -0.839. The number of ketones is 1. The molecule has 1 fully saturated rings. The van der Waals surface area contributed by atoms with Crippen LogP contribution in [0, 0.1) is 17.8 Å². The first-order valence-electron chi connectivity index (χ1n) is 12.4. The van der Waals surface area contributed by atoms with E-state index in [4.69, 9.17) is 4.74 Å². The molecule has 0 saturated heterocycles. The topological polar surface area (TPSA) is 43.4 Å². The predicted octanol–water partition coefficient (Wildman–Crippen LogP) is 7.24. The van der Waals surface area contributed by atoms with Gasteiger partial charge in [-0.25, -0.2) is 4.79 Å². The maximum atomic E-state index is 12.4. The molecule has 0 aromatic heterocycles. The van der Waals surface area contributed by atoms with E-state index < -0.39 is 12.1 Å². The number of hydrogen-bond acceptors (Lipinski definition) is 3. The van der Waals surface area contributed by atoms with Gasteiger partial charge in [-0.2, -0.15) is 0 Å². The molecule has 2 rings (SSSR count). The molecule has 1 saturated carbocycles. The molecule has 0 aliphatic heterocycles. The lowest BCUT2D eigenvalue weighted by Crippen LogP contribution is -2.23. The third-order valence-electron chi connectivity index (χ3n) is 6.45. The molecule has 3 nitrogen and oxygen atoms in total. The minimum Gasteiger partial charge on any atom is -0.450 e. The first-order valence-corrected chi connectivity index (χ1v) is 12.4. The van der Waals surface area contributed by atoms with Crippen LogP contribution in [0.1, 0.15) is 120 Å². The summed E-state index contributed by atoms with van der Waals surface area (Å²) in [5, 5.41) is 0. The van der Waals surface area contributed by atoms with Crippen molar-refractivity contribution in [2.45, 2.75) is 110 Å². The van der Waals surface area contributed by atoms with E-state index in [-0.39, 0.29) is 5.78 Å². The van der Waals surface area contributed by atoms with Crippen molar-refractivity contribution in [3.05, 3.63) is 35.4 Å². The van der Waals surface area contributed by atoms with Gasteiger partial charge in [0.05, 0.1) is 5.56 Å². The number of benzene rings is 1. The second kappa shape index (κ2) is 14.1. The third-order valence-corrected chi connectivity index (χ3v) is 6.45. The van der Waals surface area contributed by atoms with Gasteiger partial charge in [0.1, 0.15) is 0 Å². The van der Waals surface area contributed by atoms with E-state index in [9.17, 15) is 9.59 Å². The second-order valence-corrected chi connectivity index (χ2v) is 9.01. The van der Waals surface area contributed by atoms with Gasteiger partial charge in [-0.3, -0.25) is 4.79 Å². The summed E-state index contributed by atoms with van der Waals surface area (Å²) in [7, 11) is 0. The standard InChI is InChI=1S/C28H40O3/c1-4-6-8-10-12-23-14-16-24(17-15-23)25-18-20-26(21-19-25)28(30)31-22(3)27(29)13-11-9-7-5-2/h18-24H,4-10,12,14-17H2,1-3H3. The van der Waals surface area contributed by atoms with Crippen LogP contribution in [0.3, 0.4) is 0 Å². The van der Waals surface area contributed by atoms with Crippen LogP contribution in [0.15, 0.2) is 24.3 Å². The van der Waals surface area contributed by atoms with Crippen LogP contribution < -0.4 is 0 Å². The van der Waals surface area contributed by atoms with Crippen LogP contribution in [-0.4, -0.2) is 17.9 Å². The number of rotatable bonds is 11. The van der Waals surface area contributed by atoms with E-state index in [1.165, 1.54) is 63.4 Å². The van der Waals surface area contributed by atoms with Crippen LogP contribution >= 0.6 is 0 Å². The number of carbonyl (C=O) groups excluding carboxylic acids is 2. The van der Waals surface area contributed by atoms with Gasteiger partial charge in [-0.1, -0.05) is 70.4 Å². The highest BCUT2D eigenvalue weighted by molar-refractivity contribution is 6.01. The quantitative estimate of drug-likeness (QED) is 0.163. The molecule has 1 unspecified atom stereocenters. The first-order chi connectivity index (χ1) is 15.0. The Labute approximate surface area is 189 Å². The Hall–Kier alpha value is -2.08. The predicted molar refractivity (Wildman–Crippen MR) is 127 cm³/mol. The molecular formula is C28H40O3. The SMILES string of the molecule is CCCCC#CC(=O)C(C)OC(=O)c1ccc(C2CCC(CCCCCC)CC2)cc1. The number of carbonyl (C=O) groups is 2. The molecule has 3 heteroatoms. The summed E-state index contributed by atoms with van der Waals surface area (Å²) < 4.78 is 5.32. The summed E-state index contributed by atoms with van der Waals surface area (Å²) in [6.07, 6.45) is 13.8. The summed E-state index contributed by atoms with van der Waals surface area (Å²) in [6.45, 7) is 5.93. The van der Waals surface area contributed by atoms with Crippen LogP contribution in [-0.2, 0) is 9.53 Å². The zero-order valence-electron chi connectivity index (χ0n) is 19.8. The minimum absolute atomic E-state index is 0.340. The van der Waals surface area contributed by atoms with Gasteiger partial charge in [-0.15, -0.1) is 0 Å². The normalized spacial score (nSPS) is 19.2. The van der Waals surface area contributed by atoms with Crippen LogP contribution in [0.4, 0.5) is 0 Å². The van der Waals surface area contributed by atoms with Crippen LogP contribution in [0.2, 0.25) is 0 Å². The van der Waals surface area contributed by atoms with E-state index >= 15 is 0 Å². The van der Waals surface area contributed by atoms with Crippen molar-refractivity contribution in [1.29, 1.82) is 0 Å². The maximum absolute atomic E-state index is 12.4. The lowest BCUT2D eigenvalue weighted by Gasteiger charge is -2.29. The summed E-state index contributed by atoms with van der Waals surface area (Å²) in [4.78, 5) is 24.4. The molecule has 0 heterocycles. The zero-order valence-corrected chi connectivity index (χ0v) is 19.8. The Bertz CT molecular complexity index is 730. The second-order valence-electron chi connectivity index (χ2n) is 9.01. The first kappa shape index (κ1) is 25.2. The van der Waals surface area contributed by atoms with Gasteiger partial charge < -0.3 is 4.74 Å². The van der Waals surface area contributed by atoms with E-state index in [1.807, 2.05) is 12.1 Å². The molecule has 0 amide bonds. The Kier molecular flexibility index (Phi) is 11.4. The third kappa shape index (κ3) is 8.90. The molecule has 1 aliphatic rings. The van der Waals surface area contributed by atoms with Crippen molar-refractivity contribution in [1.82, 2.24) is 0 Å². The molecule has 1 atom stereocenters. The lowest BCUT2D eigenvalue weighted by atomic mass is 9.77. The molecule has 0 radical (unpaired) electrons. The average Bonchev–Trinajstić information content (AvgIpc) is 2.80. The monoisotopic (exact) mass is 424 g/mol. The Morgan fingerprint density at radius 2 is 1.65 bits per heavy atom. The van der Waals surface area contributed by atoms with Crippen molar-refractivity contribution in [3.8, 4) is 11.8 Å². The van der Waals surface area contributed by atoms with Crippen molar-refractivity contribution >= 4 is 11.8 Å². The number of esters is 1. The molecule has 31 heavy (non-hydrogen) atoms. The molecular weight excluding hydrogens is 384 g/mol. The summed E-state index contributed by atoms with van der Waals surface area (Å²) in [5.41, 5.74) is 1.80. The number of hydrogen-bond donors (Lipinski definition) is 0. The van der Waals surface area contributed by atoms with E-state index in [0.717, 1.165) is 18.8 Å².